The third kappa shape index (κ3) is 6.32. The van der Waals surface area contributed by atoms with Crippen molar-refractivity contribution < 1.29 is 13.5 Å². The number of aryl methyl sites for hydroxylation is 1. The molecule has 0 N–H and O–H groups in total. The molecule has 2 fully saturated rings. The summed E-state index contributed by atoms with van der Waals surface area (Å²) in [7, 11) is 0. The maximum absolute atomic E-state index is 13.6. The van der Waals surface area contributed by atoms with Crippen LogP contribution in [0.25, 0.3) is 10.4 Å². The van der Waals surface area contributed by atoms with E-state index in [1.807, 2.05) is 12.1 Å². The van der Waals surface area contributed by atoms with Gasteiger partial charge in [0.15, 0.2) is 0 Å². The molecule has 3 aromatic carbocycles. The zero-order valence-electron chi connectivity index (χ0n) is 20.4. The summed E-state index contributed by atoms with van der Waals surface area (Å²) < 4.78 is 34.8. The van der Waals surface area contributed by atoms with Gasteiger partial charge in [0, 0.05) is 20.6 Å². The van der Waals surface area contributed by atoms with Gasteiger partial charge >= 0.3 is 0 Å². The lowest BCUT2D eigenvalue weighted by Crippen LogP contribution is -2.46. The normalized spacial score (nSPS) is 21.2. The van der Waals surface area contributed by atoms with Gasteiger partial charge in [0.2, 0.25) is 0 Å². The first kappa shape index (κ1) is 26.1. The molecule has 2 saturated heterocycles. The van der Waals surface area contributed by atoms with Gasteiger partial charge < -0.3 is 4.74 Å². The molecular formula is C29H29F2IN4O. The van der Waals surface area contributed by atoms with Crippen LogP contribution in [0.5, 0.6) is 0 Å². The Morgan fingerprint density at radius 3 is 2.08 bits per heavy atom. The Morgan fingerprint density at radius 1 is 0.946 bits per heavy atom. The van der Waals surface area contributed by atoms with Crippen LogP contribution in [0, 0.1) is 15.2 Å². The molecule has 0 amide bonds. The van der Waals surface area contributed by atoms with E-state index in [9.17, 15) is 8.78 Å². The Balaban J connectivity index is 1.21. The predicted molar refractivity (Wildman–Crippen MR) is 149 cm³/mol. The minimum atomic E-state index is -0.354. The Morgan fingerprint density at radius 2 is 1.54 bits per heavy atom. The molecule has 0 radical (unpaired) electrons. The molecule has 3 aromatic rings. The van der Waals surface area contributed by atoms with E-state index in [0.29, 0.717) is 17.8 Å². The summed E-state index contributed by atoms with van der Waals surface area (Å²) in [6.07, 6.45) is 6.10. The molecule has 8 heteroatoms. The van der Waals surface area contributed by atoms with Gasteiger partial charge in [0.1, 0.15) is 17.7 Å². The largest absolute Gasteiger partial charge is 0.365 e. The molecule has 0 spiro atoms. The first-order valence-corrected chi connectivity index (χ1v) is 13.8. The number of nitrogens with zero attached hydrogens (tertiary/aromatic N) is 4. The van der Waals surface area contributed by atoms with E-state index in [1.165, 1.54) is 42.7 Å². The maximum atomic E-state index is 13.6. The number of azide groups is 1. The van der Waals surface area contributed by atoms with E-state index in [0.717, 1.165) is 46.9 Å². The Labute approximate surface area is 229 Å². The Bertz CT molecular complexity index is 1200. The Kier molecular flexibility index (Phi) is 8.39. The molecular weight excluding hydrogens is 585 g/mol. The predicted octanol–water partition coefficient (Wildman–Crippen LogP) is 8.25. The van der Waals surface area contributed by atoms with Gasteiger partial charge in [-0.25, -0.2) is 8.78 Å². The van der Waals surface area contributed by atoms with E-state index in [2.05, 4.69) is 43.6 Å². The number of fused-ring (bicyclic) bond motifs is 2. The summed E-state index contributed by atoms with van der Waals surface area (Å²) in [6, 6.07) is 19.9. The monoisotopic (exact) mass is 614 g/mol. The number of hydrogen-bond donors (Lipinski definition) is 0. The average Bonchev–Trinajstić information content (AvgIpc) is 3.12. The maximum Gasteiger partial charge on any atom is 0.123 e. The van der Waals surface area contributed by atoms with Crippen molar-refractivity contribution in [3.05, 3.63) is 109 Å². The lowest BCUT2D eigenvalue weighted by molar-refractivity contribution is -0.0483. The van der Waals surface area contributed by atoms with E-state index < -0.39 is 0 Å². The minimum absolute atomic E-state index is 0.101. The van der Waals surface area contributed by atoms with Crippen molar-refractivity contribution in [3.63, 3.8) is 0 Å². The van der Waals surface area contributed by atoms with Crippen molar-refractivity contribution in [2.45, 2.75) is 62.8 Å². The van der Waals surface area contributed by atoms with Crippen LogP contribution >= 0.6 is 22.6 Å². The van der Waals surface area contributed by atoms with Gasteiger partial charge in [-0.05, 0) is 120 Å². The van der Waals surface area contributed by atoms with Crippen LogP contribution in [-0.4, -0.2) is 29.6 Å². The van der Waals surface area contributed by atoms with E-state index in [1.54, 1.807) is 24.3 Å². The second-order valence-corrected chi connectivity index (χ2v) is 11.1. The van der Waals surface area contributed by atoms with E-state index in [-0.39, 0.29) is 23.8 Å². The minimum Gasteiger partial charge on any atom is -0.365 e. The fourth-order valence-corrected chi connectivity index (χ4v) is 6.51. The van der Waals surface area contributed by atoms with Gasteiger partial charge in [0.05, 0.1) is 11.8 Å². The molecule has 0 aromatic heterocycles. The van der Waals surface area contributed by atoms with Gasteiger partial charge in [-0.2, -0.15) is 0 Å². The molecule has 0 saturated carbocycles. The number of halogens is 3. The van der Waals surface area contributed by atoms with Gasteiger partial charge in [-0.3, -0.25) is 4.90 Å². The van der Waals surface area contributed by atoms with Gasteiger partial charge in [0.25, 0.3) is 0 Å². The number of ether oxygens (including phenoxy) is 1. The third-order valence-corrected chi connectivity index (χ3v) is 8.43. The summed E-state index contributed by atoms with van der Waals surface area (Å²) in [5.41, 5.74) is 12.4. The first-order valence-electron chi connectivity index (χ1n) is 12.8. The highest BCUT2D eigenvalue weighted by Gasteiger charge is 2.41. The SMILES string of the molecule is [N-]=[N+]=Nc1ccc(CCCN2[C@@H]3CC[C@H]2CC(OC(c2ccc(F)cc2)c2ccc(F)cc2)C3)cc1I. The number of piperidine rings is 1. The van der Waals surface area contributed by atoms with E-state index >= 15 is 0 Å². The van der Waals surface area contributed by atoms with Crippen molar-refractivity contribution in [2.75, 3.05) is 6.54 Å². The molecule has 2 heterocycles. The standard InChI is InChI=1S/C29H29F2IN4O/c30-22-8-4-20(5-9-22)29(21-6-10-23(31)11-7-21)37-26-17-24-12-13-25(18-26)36(24)15-1-2-19-3-14-28(34-35-33)27(32)16-19/h3-11,14,16,24-26,29H,1-2,12-13,15,17-18H2/t24-,25+,26?. The fraction of sp³-hybridized carbons (Fsp3) is 0.379. The molecule has 37 heavy (non-hydrogen) atoms. The van der Waals surface area contributed by atoms with Crippen molar-refractivity contribution in [1.29, 1.82) is 0 Å². The highest BCUT2D eigenvalue weighted by Crippen LogP contribution is 2.40. The van der Waals surface area contributed by atoms with E-state index in [4.69, 9.17) is 10.3 Å². The highest BCUT2D eigenvalue weighted by molar-refractivity contribution is 14.1. The van der Waals surface area contributed by atoms with Gasteiger partial charge in [-0.1, -0.05) is 41.5 Å². The number of benzene rings is 3. The average molecular weight is 614 g/mol. The van der Waals surface area contributed by atoms with Gasteiger partial charge in [-0.15, -0.1) is 0 Å². The first-order chi connectivity index (χ1) is 18.0. The summed E-state index contributed by atoms with van der Waals surface area (Å²) in [5.74, 6) is -0.566. The third-order valence-electron chi connectivity index (χ3n) is 7.56. The van der Waals surface area contributed by atoms with Crippen LogP contribution in [0.1, 0.15) is 54.9 Å². The fourth-order valence-electron chi connectivity index (χ4n) is 5.82. The summed E-state index contributed by atoms with van der Waals surface area (Å²) in [4.78, 5) is 5.54. The van der Waals surface area contributed by atoms with Crippen LogP contribution in [-0.2, 0) is 11.2 Å². The molecule has 5 nitrogen and oxygen atoms in total. The van der Waals surface area contributed by atoms with Crippen LogP contribution < -0.4 is 0 Å². The van der Waals surface area contributed by atoms with Crippen molar-refractivity contribution in [1.82, 2.24) is 4.90 Å². The number of rotatable bonds is 9. The molecule has 2 aliphatic heterocycles. The molecule has 2 aliphatic rings. The smallest absolute Gasteiger partial charge is 0.123 e. The second-order valence-electron chi connectivity index (χ2n) is 9.91. The van der Waals surface area contributed by atoms with Crippen LogP contribution in [0.3, 0.4) is 0 Å². The molecule has 0 aliphatic carbocycles. The zero-order chi connectivity index (χ0) is 25.8. The molecule has 1 unspecified atom stereocenters. The van der Waals surface area contributed by atoms with Crippen LogP contribution in [0.15, 0.2) is 71.8 Å². The van der Waals surface area contributed by atoms with Crippen molar-refractivity contribution in [3.8, 4) is 0 Å². The van der Waals surface area contributed by atoms with Crippen molar-refractivity contribution in [2.24, 2.45) is 5.11 Å². The summed E-state index contributed by atoms with van der Waals surface area (Å²) >= 11 is 2.22. The second kappa shape index (κ2) is 11.9. The lowest BCUT2D eigenvalue weighted by atomic mass is 9.96. The van der Waals surface area contributed by atoms with Crippen LogP contribution in [0.2, 0.25) is 0 Å². The topological polar surface area (TPSA) is 61.2 Å². The summed E-state index contributed by atoms with van der Waals surface area (Å²) in [5, 5.41) is 3.72. The molecule has 5 rings (SSSR count). The summed E-state index contributed by atoms with van der Waals surface area (Å²) in [6.45, 7) is 1.05. The highest BCUT2D eigenvalue weighted by atomic mass is 127. The van der Waals surface area contributed by atoms with Crippen molar-refractivity contribution >= 4 is 28.3 Å². The Hall–Kier alpha value is -2.52. The zero-order valence-corrected chi connectivity index (χ0v) is 22.6. The molecule has 192 valence electrons. The lowest BCUT2D eigenvalue weighted by Gasteiger charge is -2.40. The number of hydrogen-bond acceptors (Lipinski definition) is 3. The molecule has 3 atom stereocenters. The molecule has 2 bridgehead atoms. The quantitative estimate of drug-likeness (QED) is 0.106. The van der Waals surface area contributed by atoms with Crippen LogP contribution in [0.4, 0.5) is 14.5 Å².